The average Bonchev–Trinajstić information content (AvgIpc) is 2.77. The summed E-state index contributed by atoms with van der Waals surface area (Å²) in [7, 11) is 0. The molecule has 3 atom stereocenters. The minimum Gasteiger partial charge on any atom is -0.445 e. The van der Waals surface area contributed by atoms with Crippen LogP contribution in [0.3, 0.4) is 0 Å². The van der Waals surface area contributed by atoms with Crippen LogP contribution in [-0.2, 0) is 16.1 Å². The molecular formula is C23H25N3O3. The van der Waals surface area contributed by atoms with Crippen molar-refractivity contribution in [1.29, 1.82) is 5.26 Å². The summed E-state index contributed by atoms with van der Waals surface area (Å²) in [6.07, 6.45) is 2.70. The molecule has 0 aliphatic heterocycles. The Hall–Kier alpha value is -3.33. The molecular weight excluding hydrogens is 366 g/mol. The lowest BCUT2D eigenvalue weighted by Gasteiger charge is -2.31. The second kappa shape index (κ2) is 10.3. The molecule has 2 N–H and O–H groups in total. The summed E-state index contributed by atoms with van der Waals surface area (Å²) in [6, 6.07) is 19.7. The van der Waals surface area contributed by atoms with Gasteiger partial charge in [0, 0.05) is 6.04 Å². The quantitative estimate of drug-likeness (QED) is 0.782. The molecule has 0 heterocycles. The first-order chi connectivity index (χ1) is 14.2. The molecule has 0 spiro atoms. The molecule has 2 aromatic rings. The largest absolute Gasteiger partial charge is 0.445 e. The third-order valence-electron chi connectivity index (χ3n) is 5.17. The highest BCUT2D eigenvalue weighted by Crippen LogP contribution is 2.26. The summed E-state index contributed by atoms with van der Waals surface area (Å²) in [5, 5.41) is 15.1. The van der Waals surface area contributed by atoms with Crippen molar-refractivity contribution >= 4 is 12.0 Å². The number of hydrogen-bond acceptors (Lipinski definition) is 4. The molecule has 2 amide bonds. The van der Waals surface area contributed by atoms with Gasteiger partial charge in [0.1, 0.15) is 12.6 Å². The Morgan fingerprint density at radius 2 is 1.69 bits per heavy atom. The van der Waals surface area contributed by atoms with Crippen molar-refractivity contribution < 1.29 is 14.3 Å². The van der Waals surface area contributed by atoms with Crippen LogP contribution < -0.4 is 10.6 Å². The molecule has 1 aliphatic rings. The molecule has 0 bridgehead atoms. The standard InChI is InChI=1S/C23H25N3O3/c24-15-21(18-11-5-2-6-12-18)25-22(27)19-13-7-8-14-20(19)26-23(28)29-16-17-9-3-1-4-10-17/h1-6,9-12,19-21H,7-8,13-14,16H2,(H,25,27)(H,26,28)/t19-,20-,21?/m1/s1. The fourth-order valence-corrected chi connectivity index (χ4v) is 3.62. The highest BCUT2D eigenvalue weighted by molar-refractivity contribution is 5.81. The summed E-state index contributed by atoms with van der Waals surface area (Å²) >= 11 is 0. The number of nitriles is 1. The van der Waals surface area contributed by atoms with Crippen LogP contribution in [0.2, 0.25) is 0 Å². The fraction of sp³-hybridized carbons (Fsp3) is 0.348. The van der Waals surface area contributed by atoms with Crippen LogP contribution in [0.4, 0.5) is 4.79 Å². The molecule has 1 fully saturated rings. The summed E-state index contributed by atoms with van der Waals surface area (Å²) in [4.78, 5) is 25.1. The van der Waals surface area contributed by atoms with E-state index in [1.165, 1.54) is 0 Å². The minimum atomic E-state index is -0.712. The minimum absolute atomic E-state index is 0.181. The van der Waals surface area contributed by atoms with Crippen LogP contribution in [0.1, 0.15) is 42.9 Å². The third kappa shape index (κ3) is 5.82. The van der Waals surface area contributed by atoms with Crippen LogP contribution in [0.15, 0.2) is 60.7 Å². The molecule has 6 heteroatoms. The van der Waals surface area contributed by atoms with Gasteiger partial charge in [-0.2, -0.15) is 5.26 Å². The molecule has 1 aliphatic carbocycles. The smallest absolute Gasteiger partial charge is 0.407 e. The van der Waals surface area contributed by atoms with E-state index in [-0.39, 0.29) is 24.5 Å². The van der Waals surface area contributed by atoms with E-state index in [0.717, 1.165) is 24.0 Å². The number of alkyl carbamates (subject to hydrolysis) is 1. The number of carbonyl (C=O) groups excluding carboxylic acids is 2. The number of ether oxygens (including phenoxy) is 1. The van der Waals surface area contributed by atoms with E-state index in [2.05, 4.69) is 16.7 Å². The summed E-state index contributed by atoms with van der Waals surface area (Å²) in [6.45, 7) is 0.181. The number of benzene rings is 2. The molecule has 6 nitrogen and oxygen atoms in total. The van der Waals surface area contributed by atoms with Crippen molar-refractivity contribution in [3.05, 3.63) is 71.8 Å². The average molecular weight is 391 g/mol. The Labute approximate surface area is 170 Å². The number of rotatable bonds is 6. The van der Waals surface area contributed by atoms with Crippen LogP contribution in [0.25, 0.3) is 0 Å². The van der Waals surface area contributed by atoms with E-state index in [4.69, 9.17) is 4.74 Å². The molecule has 1 saturated carbocycles. The van der Waals surface area contributed by atoms with Crippen molar-refractivity contribution in [1.82, 2.24) is 10.6 Å². The van der Waals surface area contributed by atoms with E-state index in [0.29, 0.717) is 12.8 Å². The van der Waals surface area contributed by atoms with Gasteiger partial charge in [0.15, 0.2) is 0 Å². The van der Waals surface area contributed by atoms with Gasteiger partial charge in [-0.15, -0.1) is 0 Å². The van der Waals surface area contributed by atoms with Gasteiger partial charge in [0.25, 0.3) is 0 Å². The van der Waals surface area contributed by atoms with Gasteiger partial charge in [-0.3, -0.25) is 4.79 Å². The molecule has 29 heavy (non-hydrogen) atoms. The van der Waals surface area contributed by atoms with E-state index in [9.17, 15) is 14.9 Å². The number of nitrogens with one attached hydrogen (secondary N) is 2. The second-order valence-electron chi connectivity index (χ2n) is 7.18. The van der Waals surface area contributed by atoms with Crippen LogP contribution in [0, 0.1) is 17.2 Å². The number of amides is 2. The zero-order chi connectivity index (χ0) is 20.5. The fourth-order valence-electron chi connectivity index (χ4n) is 3.62. The van der Waals surface area contributed by atoms with Crippen molar-refractivity contribution in [2.24, 2.45) is 5.92 Å². The summed E-state index contributed by atoms with van der Waals surface area (Å²) < 4.78 is 5.30. The third-order valence-corrected chi connectivity index (χ3v) is 5.17. The first kappa shape index (κ1) is 20.4. The maximum absolute atomic E-state index is 12.9. The molecule has 150 valence electrons. The van der Waals surface area contributed by atoms with E-state index < -0.39 is 12.1 Å². The Bertz CT molecular complexity index is 849. The van der Waals surface area contributed by atoms with Gasteiger partial charge >= 0.3 is 6.09 Å². The summed E-state index contributed by atoms with van der Waals surface area (Å²) in [5.74, 6) is -0.596. The first-order valence-corrected chi connectivity index (χ1v) is 9.89. The molecule has 2 aromatic carbocycles. The molecule has 0 radical (unpaired) electrons. The Morgan fingerprint density at radius 1 is 1.03 bits per heavy atom. The van der Waals surface area contributed by atoms with Crippen molar-refractivity contribution in [3.8, 4) is 6.07 Å². The van der Waals surface area contributed by atoms with E-state index in [1.807, 2.05) is 60.7 Å². The highest BCUT2D eigenvalue weighted by atomic mass is 16.5. The van der Waals surface area contributed by atoms with Crippen molar-refractivity contribution in [3.63, 3.8) is 0 Å². The first-order valence-electron chi connectivity index (χ1n) is 9.89. The zero-order valence-corrected chi connectivity index (χ0v) is 16.2. The Kier molecular flexibility index (Phi) is 7.23. The maximum Gasteiger partial charge on any atom is 0.407 e. The number of nitrogens with zero attached hydrogens (tertiary/aromatic N) is 1. The van der Waals surface area contributed by atoms with E-state index >= 15 is 0 Å². The van der Waals surface area contributed by atoms with Gasteiger partial charge in [0.2, 0.25) is 5.91 Å². The number of hydrogen-bond donors (Lipinski definition) is 2. The van der Waals surface area contributed by atoms with Crippen LogP contribution >= 0.6 is 0 Å². The SMILES string of the molecule is N#CC(NC(=O)[C@@H]1CCCC[C@H]1NC(=O)OCc1ccccc1)c1ccccc1. The van der Waals surface area contributed by atoms with Crippen LogP contribution in [-0.4, -0.2) is 18.0 Å². The van der Waals surface area contributed by atoms with Crippen molar-refractivity contribution in [2.75, 3.05) is 0 Å². The van der Waals surface area contributed by atoms with Gasteiger partial charge in [-0.1, -0.05) is 73.5 Å². The van der Waals surface area contributed by atoms with Crippen LogP contribution in [0.5, 0.6) is 0 Å². The highest BCUT2D eigenvalue weighted by Gasteiger charge is 2.33. The predicted octanol–water partition coefficient (Wildman–Crippen LogP) is 3.85. The second-order valence-corrected chi connectivity index (χ2v) is 7.18. The van der Waals surface area contributed by atoms with E-state index in [1.54, 1.807) is 0 Å². The Balaban J connectivity index is 1.57. The topological polar surface area (TPSA) is 91.2 Å². The lowest BCUT2D eigenvalue weighted by molar-refractivity contribution is -0.127. The van der Waals surface area contributed by atoms with Gasteiger partial charge in [-0.05, 0) is 24.0 Å². The number of carbonyl (C=O) groups is 2. The lowest BCUT2D eigenvalue weighted by atomic mass is 9.83. The monoisotopic (exact) mass is 391 g/mol. The molecule has 1 unspecified atom stereocenters. The maximum atomic E-state index is 12.9. The lowest BCUT2D eigenvalue weighted by Crippen LogP contribution is -2.49. The molecule has 0 aromatic heterocycles. The molecule has 3 rings (SSSR count). The molecule has 0 saturated heterocycles. The van der Waals surface area contributed by atoms with Gasteiger partial charge in [0.05, 0.1) is 12.0 Å². The van der Waals surface area contributed by atoms with Gasteiger partial charge in [-0.25, -0.2) is 4.79 Å². The zero-order valence-electron chi connectivity index (χ0n) is 16.2. The normalized spacial score (nSPS) is 19.4. The summed E-state index contributed by atoms with van der Waals surface area (Å²) in [5.41, 5.74) is 1.64. The Morgan fingerprint density at radius 3 is 2.38 bits per heavy atom. The van der Waals surface area contributed by atoms with Gasteiger partial charge < -0.3 is 15.4 Å². The predicted molar refractivity (Wildman–Crippen MR) is 108 cm³/mol. The van der Waals surface area contributed by atoms with Crippen molar-refractivity contribution in [2.45, 2.75) is 44.4 Å².